The van der Waals surface area contributed by atoms with Crippen LogP contribution < -0.4 is 4.90 Å². The first-order chi connectivity index (χ1) is 12.4. The maximum atomic E-state index is 12.8. The summed E-state index contributed by atoms with van der Waals surface area (Å²) in [5, 5.41) is 0. The van der Waals surface area contributed by atoms with E-state index in [-0.39, 0.29) is 13.2 Å². The third kappa shape index (κ3) is 3.56. The lowest BCUT2D eigenvalue weighted by atomic mass is 10.1. The van der Waals surface area contributed by atoms with E-state index in [1.807, 2.05) is 13.8 Å². The molecule has 1 heterocycles. The van der Waals surface area contributed by atoms with Gasteiger partial charge in [-0.3, -0.25) is 0 Å². The molecule has 1 aromatic carbocycles. The first-order valence-corrected chi connectivity index (χ1v) is 9.21. The van der Waals surface area contributed by atoms with Crippen LogP contribution in [-0.2, 0) is 28.6 Å². The van der Waals surface area contributed by atoms with Gasteiger partial charge in [0, 0.05) is 10.2 Å². The Balaban J connectivity index is 2.46. The average molecular weight is 428 g/mol. The first-order valence-electron chi connectivity index (χ1n) is 8.42. The molecule has 1 aliphatic rings. The average Bonchev–Trinajstić information content (AvgIpc) is 3.35. The zero-order chi connectivity index (χ0) is 19.3. The Labute approximate surface area is 160 Å². The number of carbonyl (C=O) groups excluding carboxylic acids is 3. The van der Waals surface area contributed by atoms with Gasteiger partial charge in [-0.05, 0) is 37.1 Å². The molecule has 0 saturated carbocycles. The number of nitrogens with zero attached hydrogens (tertiary/aromatic N) is 1. The van der Waals surface area contributed by atoms with Gasteiger partial charge in [0.2, 0.25) is 0 Å². The van der Waals surface area contributed by atoms with Crippen LogP contribution in [0.25, 0.3) is 0 Å². The lowest BCUT2D eigenvalue weighted by molar-refractivity contribution is -0.161. The molecule has 0 spiro atoms. The Morgan fingerprint density at radius 2 is 1.54 bits per heavy atom. The second-order valence-corrected chi connectivity index (χ2v) is 6.73. The Hall–Kier alpha value is -2.09. The predicted octanol–water partition coefficient (Wildman–Crippen LogP) is 2.46. The van der Waals surface area contributed by atoms with Crippen molar-refractivity contribution in [2.45, 2.75) is 38.3 Å². The van der Waals surface area contributed by atoms with Crippen LogP contribution in [0.5, 0.6) is 0 Å². The van der Waals surface area contributed by atoms with Crippen molar-refractivity contribution in [3.05, 3.63) is 28.7 Å². The molecule has 1 atom stereocenters. The molecule has 26 heavy (non-hydrogen) atoms. The Morgan fingerprint density at radius 1 is 1.04 bits per heavy atom. The summed E-state index contributed by atoms with van der Waals surface area (Å²) in [5.74, 6) is -2.31. The Bertz CT molecular complexity index is 655. The van der Waals surface area contributed by atoms with Gasteiger partial charge in [0.05, 0.1) is 20.3 Å². The van der Waals surface area contributed by atoms with E-state index in [9.17, 15) is 14.4 Å². The fourth-order valence-corrected chi connectivity index (χ4v) is 3.01. The topological polar surface area (TPSA) is 81.9 Å². The van der Waals surface area contributed by atoms with Crippen LogP contribution in [0.15, 0.2) is 28.7 Å². The van der Waals surface area contributed by atoms with Crippen LogP contribution in [-0.4, -0.2) is 49.8 Å². The summed E-state index contributed by atoms with van der Waals surface area (Å²) in [4.78, 5) is 39.3. The minimum absolute atomic E-state index is 0.143. The molecule has 8 heteroatoms. The molecule has 1 aromatic rings. The fraction of sp³-hybridized carbons (Fsp3) is 0.500. The molecule has 1 aliphatic heterocycles. The number of esters is 3. The molecule has 1 unspecified atom stereocenters. The zero-order valence-electron chi connectivity index (χ0n) is 15.0. The van der Waals surface area contributed by atoms with Crippen molar-refractivity contribution in [2.24, 2.45) is 0 Å². The third-order valence-electron chi connectivity index (χ3n) is 3.99. The first kappa shape index (κ1) is 20.2. The van der Waals surface area contributed by atoms with Crippen LogP contribution in [0.1, 0.15) is 26.7 Å². The van der Waals surface area contributed by atoms with E-state index in [2.05, 4.69) is 15.9 Å². The molecule has 0 aliphatic carbocycles. The predicted molar refractivity (Wildman–Crippen MR) is 97.7 cm³/mol. The van der Waals surface area contributed by atoms with Crippen LogP contribution in [0, 0.1) is 0 Å². The highest BCUT2D eigenvalue weighted by Gasteiger charge is 2.79. The third-order valence-corrected chi connectivity index (χ3v) is 4.52. The van der Waals surface area contributed by atoms with Gasteiger partial charge in [0.15, 0.2) is 6.04 Å². The molecule has 0 aromatic heterocycles. The summed E-state index contributed by atoms with van der Waals surface area (Å²) >= 11 is 3.33. The Morgan fingerprint density at radius 3 is 1.96 bits per heavy atom. The van der Waals surface area contributed by atoms with E-state index in [0.717, 1.165) is 4.47 Å². The van der Waals surface area contributed by atoms with Crippen LogP contribution in [0.4, 0.5) is 5.69 Å². The number of hydrogen-bond acceptors (Lipinski definition) is 7. The van der Waals surface area contributed by atoms with Crippen LogP contribution in [0.3, 0.4) is 0 Å². The molecule has 0 N–H and O–H groups in total. The van der Waals surface area contributed by atoms with Gasteiger partial charge < -0.3 is 19.1 Å². The molecule has 7 nitrogen and oxygen atoms in total. The second-order valence-electron chi connectivity index (χ2n) is 5.81. The van der Waals surface area contributed by atoms with Gasteiger partial charge in [-0.1, -0.05) is 29.8 Å². The van der Waals surface area contributed by atoms with E-state index < -0.39 is 29.5 Å². The summed E-state index contributed by atoms with van der Waals surface area (Å²) in [6.07, 6.45) is 1.18. The van der Waals surface area contributed by atoms with Gasteiger partial charge >= 0.3 is 17.9 Å². The molecule has 0 amide bonds. The number of hydrogen-bond donors (Lipinski definition) is 0. The molecular formula is C18H22BrNO6. The smallest absolute Gasteiger partial charge is 0.346 e. The summed E-state index contributed by atoms with van der Waals surface area (Å²) < 4.78 is 16.1. The Kier molecular flexibility index (Phi) is 6.63. The van der Waals surface area contributed by atoms with Crippen molar-refractivity contribution in [1.82, 2.24) is 0 Å². The van der Waals surface area contributed by atoms with E-state index in [1.54, 1.807) is 24.3 Å². The highest BCUT2D eigenvalue weighted by molar-refractivity contribution is 9.10. The molecule has 0 radical (unpaired) electrons. The van der Waals surface area contributed by atoms with Gasteiger partial charge in [-0.2, -0.15) is 0 Å². The minimum Gasteiger partial charge on any atom is -0.467 e. The summed E-state index contributed by atoms with van der Waals surface area (Å²) in [5.41, 5.74) is -1.34. The second kappa shape index (κ2) is 8.53. The molecule has 2 rings (SSSR count). The highest BCUT2D eigenvalue weighted by Crippen LogP contribution is 2.48. The summed E-state index contributed by atoms with van der Waals surface area (Å²) in [6, 6.07) is 5.77. The molecule has 0 bridgehead atoms. The number of benzene rings is 1. The SMILES string of the molecule is CCCOC(=O)C1(C(=O)OCCC)C(C(=O)OC)N1c1ccc(Br)cc1. The van der Waals surface area contributed by atoms with Crippen molar-refractivity contribution >= 4 is 39.5 Å². The van der Waals surface area contributed by atoms with Crippen molar-refractivity contribution in [3.8, 4) is 0 Å². The lowest BCUT2D eigenvalue weighted by Crippen LogP contribution is -2.43. The van der Waals surface area contributed by atoms with Gasteiger partial charge in [0.25, 0.3) is 5.54 Å². The van der Waals surface area contributed by atoms with E-state index in [1.165, 1.54) is 12.0 Å². The van der Waals surface area contributed by atoms with E-state index >= 15 is 0 Å². The fourth-order valence-electron chi connectivity index (χ4n) is 2.75. The largest absolute Gasteiger partial charge is 0.467 e. The van der Waals surface area contributed by atoms with Crippen molar-refractivity contribution < 1.29 is 28.6 Å². The normalized spacial score (nSPS) is 17.4. The minimum atomic E-state index is -1.86. The number of ether oxygens (including phenoxy) is 3. The summed E-state index contributed by atoms with van der Waals surface area (Å²) in [7, 11) is 1.21. The van der Waals surface area contributed by atoms with Crippen molar-refractivity contribution in [1.29, 1.82) is 0 Å². The molecular weight excluding hydrogens is 406 g/mol. The number of methoxy groups -OCH3 is 1. The standard InChI is InChI=1S/C18H22BrNO6/c1-4-10-25-16(22)18(17(23)26-11-5-2)14(15(21)24-3)20(18)13-8-6-12(19)7-9-13/h6-9,14H,4-5,10-11H2,1-3H3. The maximum Gasteiger partial charge on any atom is 0.346 e. The number of halogens is 1. The van der Waals surface area contributed by atoms with Crippen LogP contribution in [0.2, 0.25) is 0 Å². The zero-order valence-corrected chi connectivity index (χ0v) is 16.6. The molecule has 142 valence electrons. The van der Waals surface area contributed by atoms with E-state index in [0.29, 0.717) is 18.5 Å². The van der Waals surface area contributed by atoms with Gasteiger partial charge in [-0.15, -0.1) is 0 Å². The summed E-state index contributed by atoms with van der Waals surface area (Å²) in [6.45, 7) is 3.96. The van der Waals surface area contributed by atoms with Crippen molar-refractivity contribution in [2.75, 3.05) is 25.2 Å². The molecule has 1 fully saturated rings. The molecule has 1 saturated heterocycles. The number of rotatable bonds is 8. The van der Waals surface area contributed by atoms with Gasteiger partial charge in [-0.25, -0.2) is 14.4 Å². The maximum absolute atomic E-state index is 12.8. The van der Waals surface area contributed by atoms with Gasteiger partial charge in [0.1, 0.15) is 0 Å². The van der Waals surface area contributed by atoms with E-state index in [4.69, 9.17) is 14.2 Å². The van der Waals surface area contributed by atoms with Crippen LogP contribution >= 0.6 is 15.9 Å². The quantitative estimate of drug-likeness (QED) is 0.272. The number of carbonyl (C=O) groups is 3. The number of anilines is 1. The monoisotopic (exact) mass is 427 g/mol. The lowest BCUT2D eigenvalue weighted by Gasteiger charge is -2.16. The van der Waals surface area contributed by atoms with Crippen molar-refractivity contribution in [3.63, 3.8) is 0 Å². The highest BCUT2D eigenvalue weighted by atomic mass is 79.9.